The van der Waals surface area contributed by atoms with Crippen molar-refractivity contribution < 1.29 is 14.3 Å². The average molecular weight is 677 g/mol. The molecule has 0 aliphatic carbocycles. The predicted molar refractivity (Wildman–Crippen MR) is 211 cm³/mol. The molecule has 0 bridgehead atoms. The largest absolute Gasteiger partial charge is 0.380 e. The number of nitrogens with zero attached hydrogens (tertiary/aromatic N) is 1. The van der Waals surface area contributed by atoms with Crippen LogP contribution in [-0.2, 0) is 14.3 Å². The summed E-state index contributed by atoms with van der Waals surface area (Å²) in [5, 5.41) is 0. The van der Waals surface area contributed by atoms with Gasteiger partial charge in [-0.1, -0.05) is 154 Å². The second-order valence-electron chi connectivity index (χ2n) is 14.2. The van der Waals surface area contributed by atoms with Crippen LogP contribution in [-0.4, -0.2) is 56.9 Å². The number of hydrogen-bond acceptors (Lipinski definition) is 4. The van der Waals surface area contributed by atoms with Crippen LogP contribution in [0.4, 0.5) is 0 Å². The monoisotopic (exact) mass is 677 g/mol. The normalized spacial score (nSPS) is 12.0. The van der Waals surface area contributed by atoms with E-state index >= 15 is 0 Å². The highest BCUT2D eigenvalue weighted by Gasteiger charge is 2.07. The molecule has 0 aliphatic rings. The minimum atomic E-state index is -0.241. The molecular weight excluding hydrogens is 592 g/mol. The average Bonchev–Trinajstić information content (AvgIpc) is 3.08. The van der Waals surface area contributed by atoms with E-state index in [1.54, 1.807) is 0 Å². The Kier molecular flexibility index (Phi) is 41.0. The number of unbranched alkanes of at least 4 members (excludes halogenated alkanes) is 24. The Morgan fingerprint density at radius 1 is 0.438 bits per heavy atom. The van der Waals surface area contributed by atoms with Gasteiger partial charge in [-0.2, -0.15) is 0 Å². The highest BCUT2D eigenvalue weighted by molar-refractivity contribution is 5.73. The Hall–Kier alpha value is -1.17. The van der Waals surface area contributed by atoms with Crippen LogP contribution in [0.3, 0.4) is 0 Å². The maximum absolute atomic E-state index is 11.3. The third kappa shape index (κ3) is 41.0. The van der Waals surface area contributed by atoms with Gasteiger partial charge in [0.2, 0.25) is 5.91 Å². The number of rotatable bonds is 41. The molecule has 0 saturated carbocycles. The van der Waals surface area contributed by atoms with Gasteiger partial charge in [-0.3, -0.25) is 9.69 Å². The highest BCUT2D eigenvalue weighted by Crippen LogP contribution is 2.12. The molecule has 0 fully saturated rings. The first kappa shape index (κ1) is 46.8. The third-order valence-corrected chi connectivity index (χ3v) is 9.38. The fourth-order valence-corrected chi connectivity index (χ4v) is 6.10. The molecule has 0 spiro atoms. The lowest BCUT2D eigenvalue weighted by molar-refractivity contribution is -0.118. The van der Waals surface area contributed by atoms with E-state index in [2.05, 4.69) is 43.1 Å². The van der Waals surface area contributed by atoms with Crippen LogP contribution in [0.1, 0.15) is 200 Å². The molecule has 0 aromatic carbocycles. The van der Waals surface area contributed by atoms with Gasteiger partial charge in [-0.15, -0.1) is 0 Å². The summed E-state index contributed by atoms with van der Waals surface area (Å²) < 4.78 is 11.8. The summed E-state index contributed by atoms with van der Waals surface area (Å²) in [4.78, 5) is 13.6. The van der Waals surface area contributed by atoms with Crippen LogP contribution in [0, 0.1) is 0 Å². The first-order valence-corrected chi connectivity index (χ1v) is 21.2. The second-order valence-corrected chi connectivity index (χ2v) is 14.2. The fraction of sp³-hybridized carbons (Fsp3) is 0.884. The lowest BCUT2D eigenvalue weighted by atomic mass is 10.1. The van der Waals surface area contributed by atoms with Crippen LogP contribution < -0.4 is 5.73 Å². The second kappa shape index (κ2) is 42.0. The number of hydrogen-bond donors (Lipinski definition) is 1. The lowest BCUT2D eigenvalue weighted by Gasteiger charge is -2.21. The van der Waals surface area contributed by atoms with Crippen LogP contribution >= 0.6 is 0 Å². The van der Waals surface area contributed by atoms with Crippen molar-refractivity contribution in [2.24, 2.45) is 5.73 Å². The van der Waals surface area contributed by atoms with Gasteiger partial charge in [0, 0.05) is 39.3 Å². The molecule has 0 unspecified atom stereocenters. The van der Waals surface area contributed by atoms with Crippen molar-refractivity contribution in [2.45, 2.75) is 200 Å². The molecule has 0 aliphatic heterocycles. The standard InChI is InChI=1S/C43H84N2O3/c1-3-5-7-9-11-13-15-17-19-21-23-25-27-29-31-33-39-47-41-37-45(36-35-43(44)46)38-42-48-40-34-32-30-28-26-24-22-20-18-16-14-12-10-8-6-4-2/h17-20H,3-16,21-42H2,1-2H3,(H2,44,46)/b19-17-,20-18-. The number of ether oxygens (including phenoxy) is 2. The summed E-state index contributed by atoms with van der Waals surface area (Å²) >= 11 is 0. The van der Waals surface area contributed by atoms with Crippen molar-refractivity contribution in [3.05, 3.63) is 24.3 Å². The van der Waals surface area contributed by atoms with E-state index in [0.29, 0.717) is 26.2 Å². The first-order valence-electron chi connectivity index (χ1n) is 21.2. The topological polar surface area (TPSA) is 64.8 Å². The third-order valence-electron chi connectivity index (χ3n) is 9.38. The molecule has 5 heteroatoms. The summed E-state index contributed by atoms with van der Waals surface area (Å²) in [5.74, 6) is -0.241. The molecule has 0 atom stereocenters. The molecule has 284 valence electrons. The zero-order valence-corrected chi connectivity index (χ0v) is 32.5. The summed E-state index contributed by atoms with van der Waals surface area (Å²) in [6.07, 6.45) is 47.1. The van der Waals surface area contributed by atoms with Gasteiger partial charge < -0.3 is 15.2 Å². The summed E-state index contributed by atoms with van der Waals surface area (Å²) in [6.45, 7) is 9.98. The van der Waals surface area contributed by atoms with E-state index in [0.717, 1.165) is 39.1 Å². The molecule has 48 heavy (non-hydrogen) atoms. The minimum Gasteiger partial charge on any atom is -0.380 e. The lowest BCUT2D eigenvalue weighted by Crippen LogP contribution is -2.34. The van der Waals surface area contributed by atoms with Gasteiger partial charge in [0.15, 0.2) is 0 Å². The molecule has 0 heterocycles. The number of allylic oxidation sites excluding steroid dienone is 4. The summed E-state index contributed by atoms with van der Waals surface area (Å²) in [5.41, 5.74) is 5.41. The highest BCUT2D eigenvalue weighted by atomic mass is 16.5. The molecular formula is C43H84N2O3. The Balaban J connectivity index is 3.58. The number of carbonyl (C=O) groups excluding carboxylic acids is 1. The van der Waals surface area contributed by atoms with Crippen molar-refractivity contribution in [1.29, 1.82) is 0 Å². The van der Waals surface area contributed by atoms with Crippen molar-refractivity contribution in [3.8, 4) is 0 Å². The quantitative estimate of drug-likeness (QED) is 0.0517. The maximum Gasteiger partial charge on any atom is 0.218 e. The van der Waals surface area contributed by atoms with Crippen LogP contribution in [0.25, 0.3) is 0 Å². The molecule has 0 rings (SSSR count). The Bertz CT molecular complexity index is 633. The van der Waals surface area contributed by atoms with Crippen LogP contribution in [0.2, 0.25) is 0 Å². The Labute approximate surface area is 300 Å². The first-order chi connectivity index (χ1) is 23.7. The van der Waals surface area contributed by atoms with Crippen LogP contribution in [0.5, 0.6) is 0 Å². The van der Waals surface area contributed by atoms with Crippen molar-refractivity contribution in [1.82, 2.24) is 4.90 Å². The maximum atomic E-state index is 11.3. The molecule has 2 N–H and O–H groups in total. The molecule has 1 amide bonds. The number of carbonyl (C=O) groups is 1. The summed E-state index contributed by atoms with van der Waals surface area (Å²) in [7, 11) is 0. The van der Waals surface area contributed by atoms with E-state index in [1.807, 2.05) is 0 Å². The fourth-order valence-electron chi connectivity index (χ4n) is 6.10. The van der Waals surface area contributed by atoms with E-state index in [4.69, 9.17) is 15.2 Å². The van der Waals surface area contributed by atoms with E-state index in [9.17, 15) is 4.79 Å². The molecule has 0 radical (unpaired) electrons. The molecule has 0 saturated heterocycles. The SMILES string of the molecule is CCCCCCCC/C=C\CCCCCCCCOCCN(CCOCCCCCCCC/C=C\CCCCCCCC)CCC(N)=O. The predicted octanol–water partition coefficient (Wildman–Crippen LogP) is 12.3. The zero-order chi connectivity index (χ0) is 34.9. The van der Waals surface area contributed by atoms with Gasteiger partial charge in [0.25, 0.3) is 0 Å². The number of amides is 1. The van der Waals surface area contributed by atoms with Crippen molar-refractivity contribution >= 4 is 5.91 Å². The van der Waals surface area contributed by atoms with Gasteiger partial charge in [0.1, 0.15) is 0 Å². The molecule has 0 aromatic rings. The minimum absolute atomic E-state index is 0.241. The van der Waals surface area contributed by atoms with E-state index in [1.165, 1.54) is 167 Å². The van der Waals surface area contributed by atoms with Gasteiger partial charge in [0.05, 0.1) is 13.2 Å². The Morgan fingerprint density at radius 2 is 0.750 bits per heavy atom. The van der Waals surface area contributed by atoms with E-state index < -0.39 is 0 Å². The van der Waals surface area contributed by atoms with Crippen molar-refractivity contribution in [2.75, 3.05) is 46.1 Å². The van der Waals surface area contributed by atoms with Gasteiger partial charge in [-0.25, -0.2) is 0 Å². The zero-order valence-electron chi connectivity index (χ0n) is 32.5. The van der Waals surface area contributed by atoms with Gasteiger partial charge >= 0.3 is 0 Å². The molecule has 5 nitrogen and oxygen atoms in total. The van der Waals surface area contributed by atoms with Crippen LogP contribution in [0.15, 0.2) is 24.3 Å². The van der Waals surface area contributed by atoms with Gasteiger partial charge in [-0.05, 0) is 64.2 Å². The smallest absolute Gasteiger partial charge is 0.218 e. The summed E-state index contributed by atoms with van der Waals surface area (Å²) in [6, 6.07) is 0. The Morgan fingerprint density at radius 3 is 1.08 bits per heavy atom. The van der Waals surface area contributed by atoms with Crippen molar-refractivity contribution in [3.63, 3.8) is 0 Å². The molecule has 0 aromatic heterocycles. The number of primary amides is 1. The number of nitrogens with two attached hydrogens (primary N) is 1. The van der Waals surface area contributed by atoms with E-state index in [-0.39, 0.29) is 5.91 Å².